The number of pyridine rings is 2. The lowest BCUT2D eigenvalue weighted by Crippen LogP contribution is -2.20. The summed E-state index contributed by atoms with van der Waals surface area (Å²) < 4.78 is 1.50. The molecule has 1 unspecified atom stereocenters. The van der Waals surface area contributed by atoms with Crippen LogP contribution in [0.2, 0.25) is 15.2 Å². The minimum atomic E-state index is -0.297. The molecule has 0 spiro atoms. The minimum Gasteiger partial charge on any atom is -0.320 e. The maximum atomic E-state index is 12.9. The van der Waals surface area contributed by atoms with E-state index in [1.807, 2.05) is 24.3 Å². The number of hydrogen-bond acceptors (Lipinski definition) is 4. The maximum absolute atomic E-state index is 12.9. The third-order valence-corrected chi connectivity index (χ3v) is 7.36. The first kappa shape index (κ1) is 28.3. The lowest BCUT2D eigenvalue weighted by molar-refractivity contribution is 0.102. The van der Waals surface area contributed by atoms with Gasteiger partial charge >= 0.3 is 0 Å². The average Bonchev–Trinajstić information content (AvgIpc) is 2.84. The fourth-order valence-electron chi connectivity index (χ4n) is 3.41. The van der Waals surface area contributed by atoms with Crippen molar-refractivity contribution in [2.24, 2.45) is 0 Å². The normalized spacial score (nSPS) is 12.1. The van der Waals surface area contributed by atoms with Gasteiger partial charge in [0.15, 0.2) is 0 Å². The van der Waals surface area contributed by atoms with Crippen molar-refractivity contribution >= 4 is 91.0 Å². The molecular weight excluding hydrogens is 685 g/mol. The predicted molar refractivity (Wildman–Crippen MR) is 158 cm³/mol. The van der Waals surface area contributed by atoms with Gasteiger partial charge in [-0.3, -0.25) is 4.79 Å². The number of anilines is 1. The van der Waals surface area contributed by atoms with Gasteiger partial charge in [-0.05, 0) is 71.2 Å². The molecule has 0 fully saturated rings. The minimum absolute atomic E-state index is 0.129. The van der Waals surface area contributed by atoms with E-state index in [1.54, 1.807) is 12.1 Å². The summed E-state index contributed by atoms with van der Waals surface area (Å²) in [6.07, 6.45) is 7.40. The van der Waals surface area contributed by atoms with Crippen LogP contribution >= 0.6 is 73.3 Å². The van der Waals surface area contributed by atoms with E-state index < -0.39 is 0 Å². The first-order valence-electron chi connectivity index (χ1n) is 10.8. The van der Waals surface area contributed by atoms with Gasteiger partial charge in [0.05, 0.1) is 16.4 Å². The van der Waals surface area contributed by atoms with Crippen LogP contribution in [-0.4, -0.2) is 33.4 Å². The van der Waals surface area contributed by atoms with Crippen LogP contribution in [0.5, 0.6) is 0 Å². The van der Waals surface area contributed by atoms with Gasteiger partial charge < -0.3 is 10.6 Å². The van der Waals surface area contributed by atoms with Gasteiger partial charge in [0.25, 0.3) is 5.91 Å². The number of nitrogens with one attached hydrogen (secondary N) is 2. The Hall–Kier alpha value is -1.23. The number of rotatable bonds is 11. The molecule has 0 aliphatic carbocycles. The van der Waals surface area contributed by atoms with Crippen LogP contribution < -0.4 is 10.6 Å². The van der Waals surface area contributed by atoms with Crippen molar-refractivity contribution in [1.82, 2.24) is 15.3 Å². The lowest BCUT2D eigenvalue weighted by Gasteiger charge is -2.20. The summed E-state index contributed by atoms with van der Waals surface area (Å²) in [4.78, 5) is 21.5. The van der Waals surface area contributed by atoms with Crippen LogP contribution in [0.15, 0.2) is 59.3 Å². The number of alkyl halides is 1. The Balaban J connectivity index is 1.67. The van der Waals surface area contributed by atoms with Gasteiger partial charge in [-0.1, -0.05) is 81.7 Å². The molecule has 1 atom stereocenters. The summed E-state index contributed by atoms with van der Waals surface area (Å²) in [5.74, 6) is -0.168. The molecule has 1 aromatic carbocycles. The van der Waals surface area contributed by atoms with Gasteiger partial charge in [0.1, 0.15) is 9.76 Å². The van der Waals surface area contributed by atoms with Gasteiger partial charge in [-0.25, -0.2) is 9.97 Å². The molecule has 10 heteroatoms. The zero-order valence-electron chi connectivity index (χ0n) is 18.6. The third-order valence-electron chi connectivity index (χ3n) is 5.16. The fraction of sp³-hybridized carbons (Fsp3) is 0.240. The topological polar surface area (TPSA) is 66.9 Å². The number of benzene rings is 1. The van der Waals surface area contributed by atoms with E-state index in [-0.39, 0.29) is 17.0 Å². The van der Waals surface area contributed by atoms with Crippen molar-refractivity contribution in [3.63, 3.8) is 0 Å². The Kier molecular flexibility index (Phi) is 11.7. The standard InChI is InChI=1S/C25H23BrCl3IN4O/c26-24-20(28)15-21(33-25(35)18-9-13-32-22(29)14-18)23(34-24)17(7-10-30)8-12-31-11-1-2-16-3-5-19(27)6-4-16/h1-6,9,13-15,17,31H,7-8,10-12H2,(H,33,35)/b2-1+. The summed E-state index contributed by atoms with van der Waals surface area (Å²) in [6.45, 7) is 1.53. The fourth-order valence-corrected chi connectivity index (χ4v) is 4.92. The second-order valence-corrected chi connectivity index (χ2v) is 10.7. The van der Waals surface area contributed by atoms with Crippen LogP contribution in [0.1, 0.15) is 40.4 Å². The van der Waals surface area contributed by atoms with E-state index in [2.05, 4.69) is 66.3 Å². The summed E-state index contributed by atoms with van der Waals surface area (Å²) in [5.41, 5.74) is 2.90. The SMILES string of the molecule is O=C(Nc1cc(Cl)c(Br)nc1C(CCI)CCNC/C=C/c1ccc(Cl)cc1)c1ccnc(Cl)c1. The quantitative estimate of drug-likeness (QED) is 0.0916. The van der Waals surface area contributed by atoms with E-state index in [0.29, 0.717) is 20.9 Å². The van der Waals surface area contributed by atoms with Crippen LogP contribution in [0.4, 0.5) is 5.69 Å². The molecule has 184 valence electrons. The number of nitrogens with zero attached hydrogens (tertiary/aromatic N) is 2. The Bertz CT molecular complexity index is 1180. The molecule has 0 saturated heterocycles. The van der Waals surface area contributed by atoms with Gasteiger partial charge in [0.2, 0.25) is 0 Å². The zero-order valence-corrected chi connectivity index (χ0v) is 24.6. The average molecular weight is 709 g/mol. The van der Waals surface area contributed by atoms with Crippen LogP contribution in [0.3, 0.4) is 0 Å². The number of carbonyl (C=O) groups is 1. The molecule has 2 heterocycles. The molecule has 1 amide bonds. The van der Waals surface area contributed by atoms with Crippen LogP contribution in [-0.2, 0) is 0 Å². The smallest absolute Gasteiger partial charge is 0.255 e. The summed E-state index contributed by atoms with van der Waals surface area (Å²) in [6, 6.07) is 12.6. The molecule has 0 saturated carbocycles. The molecule has 0 bridgehead atoms. The molecule has 3 aromatic rings. The second-order valence-electron chi connectivity index (χ2n) is 7.64. The largest absolute Gasteiger partial charge is 0.320 e. The first-order chi connectivity index (χ1) is 16.9. The van der Waals surface area contributed by atoms with Gasteiger partial charge in [-0.2, -0.15) is 0 Å². The summed E-state index contributed by atoms with van der Waals surface area (Å²) in [5, 5.41) is 7.82. The van der Waals surface area contributed by atoms with Crippen LogP contribution in [0.25, 0.3) is 6.08 Å². The molecule has 2 aromatic heterocycles. The molecule has 5 nitrogen and oxygen atoms in total. The highest BCUT2D eigenvalue weighted by Gasteiger charge is 2.21. The van der Waals surface area contributed by atoms with Crippen LogP contribution in [0, 0.1) is 0 Å². The number of aromatic nitrogens is 2. The molecule has 2 N–H and O–H groups in total. The van der Waals surface area contributed by atoms with Crippen molar-refractivity contribution in [2.75, 3.05) is 22.8 Å². The predicted octanol–water partition coefficient (Wildman–Crippen LogP) is 8.05. The van der Waals surface area contributed by atoms with Crippen molar-refractivity contribution in [3.8, 4) is 0 Å². The Morgan fingerprint density at radius 3 is 2.60 bits per heavy atom. The second kappa shape index (κ2) is 14.5. The molecular formula is C25H23BrCl3IN4O. The maximum Gasteiger partial charge on any atom is 0.255 e. The lowest BCUT2D eigenvalue weighted by atomic mass is 9.96. The Labute approximate surface area is 242 Å². The van der Waals surface area contributed by atoms with Crippen molar-refractivity contribution in [3.05, 3.63) is 91.4 Å². The van der Waals surface area contributed by atoms with Gasteiger partial charge in [-0.15, -0.1) is 0 Å². The number of carbonyl (C=O) groups excluding carboxylic acids is 1. The van der Waals surface area contributed by atoms with E-state index >= 15 is 0 Å². The third kappa shape index (κ3) is 8.98. The first-order valence-corrected chi connectivity index (χ1v) is 14.3. The van der Waals surface area contributed by atoms with E-state index in [9.17, 15) is 4.79 Å². The molecule has 35 heavy (non-hydrogen) atoms. The monoisotopic (exact) mass is 706 g/mol. The molecule has 0 radical (unpaired) electrons. The van der Waals surface area contributed by atoms with E-state index in [1.165, 1.54) is 12.3 Å². The number of hydrogen-bond donors (Lipinski definition) is 2. The number of halogens is 5. The summed E-state index contributed by atoms with van der Waals surface area (Å²) in [7, 11) is 0. The molecule has 3 rings (SSSR count). The summed E-state index contributed by atoms with van der Waals surface area (Å²) >= 11 is 24.0. The molecule has 0 aliphatic heterocycles. The highest BCUT2D eigenvalue weighted by molar-refractivity contribution is 14.1. The zero-order chi connectivity index (χ0) is 25.2. The number of amides is 1. The highest BCUT2D eigenvalue weighted by atomic mass is 127. The molecule has 0 aliphatic rings. The van der Waals surface area contributed by atoms with Crippen molar-refractivity contribution in [1.29, 1.82) is 0 Å². The van der Waals surface area contributed by atoms with E-state index in [0.717, 1.165) is 46.6 Å². The van der Waals surface area contributed by atoms with Crippen molar-refractivity contribution < 1.29 is 4.79 Å². The Morgan fingerprint density at radius 2 is 1.89 bits per heavy atom. The Morgan fingerprint density at radius 1 is 1.11 bits per heavy atom. The van der Waals surface area contributed by atoms with Gasteiger partial charge in [0, 0.05) is 33.7 Å². The van der Waals surface area contributed by atoms with E-state index in [4.69, 9.17) is 39.8 Å². The van der Waals surface area contributed by atoms with Crippen molar-refractivity contribution in [2.45, 2.75) is 18.8 Å². The highest BCUT2D eigenvalue weighted by Crippen LogP contribution is 2.34.